The SMILES string of the molecule is CCC(=O)[N+](C)(OS(=O)OC)c1ccccc1. The van der Waals surface area contributed by atoms with Crippen LogP contribution in [0.3, 0.4) is 0 Å². The first kappa shape index (κ1) is 14.0. The molecule has 1 aromatic carbocycles. The first-order valence-electron chi connectivity index (χ1n) is 5.16. The van der Waals surface area contributed by atoms with E-state index < -0.39 is 16.0 Å². The first-order valence-corrected chi connectivity index (χ1v) is 6.16. The number of carbonyl (C=O) groups is 1. The Morgan fingerprint density at radius 1 is 1.35 bits per heavy atom. The molecule has 6 heteroatoms. The Hall–Kier alpha value is -1.08. The topological polar surface area (TPSA) is 52.6 Å². The van der Waals surface area contributed by atoms with Gasteiger partial charge in [0.1, 0.15) is 7.05 Å². The fourth-order valence-corrected chi connectivity index (χ4v) is 1.87. The van der Waals surface area contributed by atoms with Gasteiger partial charge in [0.05, 0.1) is 13.5 Å². The van der Waals surface area contributed by atoms with Crippen molar-refractivity contribution in [2.75, 3.05) is 14.2 Å². The molecule has 0 radical (unpaired) electrons. The summed E-state index contributed by atoms with van der Waals surface area (Å²) in [5, 5.41) is 0. The van der Waals surface area contributed by atoms with Gasteiger partial charge in [0.25, 0.3) is 0 Å². The molecule has 0 heterocycles. The van der Waals surface area contributed by atoms with Crippen molar-refractivity contribution >= 4 is 23.0 Å². The van der Waals surface area contributed by atoms with E-state index in [0.29, 0.717) is 5.69 Å². The number of quaternary nitrogens is 1. The number of carbonyl (C=O) groups excluding carboxylic acids is 1. The van der Waals surface area contributed by atoms with Crippen molar-refractivity contribution in [1.29, 1.82) is 0 Å². The Morgan fingerprint density at radius 3 is 2.41 bits per heavy atom. The van der Waals surface area contributed by atoms with E-state index in [0.717, 1.165) is 0 Å². The van der Waals surface area contributed by atoms with Crippen LogP contribution in [0.4, 0.5) is 5.69 Å². The van der Waals surface area contributed by atoms with Gasteiger partial charge in [0.2, 0.25) is 0 Å². The molecule has 1 aromatic rings. The summed E-state index contributed by atoms with van der Waals surface area (Å²) in [6, 6.07) is 8.88. The molecular formula is C11H16NO4S+. The third kappa shape index (κ3) is 3.19. The lowest BCUT2D eigenvalue weighted by Gasteiger charge is -2.25. The number of para-hydroxylation sites is 1. The number of rotatable bonds is 5. The monoisotopic (exact) mass is 258 g/mol. The molecule has 0 bridgehead atoms. The summed E-state index contributed by atoms with van der Waals surface area (Å²) in [7, 11) is 2.79. The molecule has 2 unspecified atom stereocenters. The van der Waals surface area contributed by atoms with Crippen molar-refractivity contribution in [2.45, 2.75) is 13.3 Å². The number of benzene rings is 1. The lowest BCUT2D eigenvalue weighted by molar-refractivity contribution is -0.149. The molecule has 5 nitrogen and oxygen atoms in total. The van der Waals surface area contributed by atoms with E-state index in [1.165, 1.54) is 14.2 Å². The van der Waals surface area contributed by atoms with Crippen molar-refractivity contribution < 1.29 is 17.5 Å². The number of hydroxylamine groups is 2. The highest BCUT2D eigenvalue weighted by Gasteiger charge is 2.38. The molecule has 0 aliphatic carbocycles. The van der Waals surface area contributed by atoms with E-state index in [1.807, 2.05) is 6.07 Å². The number of hydrogen-bond donors (Lipinski definition) is 0. The zero-order valence-corrected chi connectivity index (χ0v) is 10.9. The molecule has 0 saturated carbocycles. The van der Waals surface area contributed by atoms with Crippen LogP contribution in [0.15, 0.2) is 30.3 Å². The summed E-state index contributed by atoms with van der Waals surface area (Å²) in [5.74, 6) is -0.207. The van der Waals surface area contributed by atoms with Crippen molar-refractivity contribution in [1.82, 2.24) is 4.65 Å². The molecule has 1 amide bonds. The quantitative estimate of drug-likeness (QED) is 0.596. The van der Waals surface area contributed by atoms with E-state index >= 15 is 0 Å². The lowest BCUT2D eigenvalue weighted by Crippen LogP contribution is -2.50. The summed E-state index contributed by atoms with van der Waals surface area (Å²) in [6.07, 6.45) is 0.270. The molecule has 0 spiro atoms. The van der Waals surface area contributed by atoms with E-state index in [9.17, 15) is 9.00 Å². The average molecular weight is 258 g/mol. The molecule has 0 aliphatic rings. The summed E-state index contributed by atoms with van der Waals surface area (Å²) >= 11 is -1.97. The zero-order valence-electron chi connectivity index (χ0n) is 10.1. The van der Waals surface area contributed by atoms with Gasteiger partial charge in [-0.05, 0) is 0 Å². The number of amides is 1. The predicted octanol–water partition coefficient (Wildman–Crippen LogP) is 1.72. The largest absolute Gasteiger partial charge is 0.357 e. The third-order valence-electron chi connectivity index (χ3n) is 2.37. The lowest BCUT2D eigenvalue weighted by atomic mass is 10.3. The maximum Gasteiger partial charge on any atom is 0.357 e. The molecule has 0 saturated heterocycles. The van der Waals surface area contributed by atoms with Crippen molar-refractivity contribution in [3.8, 4) is 0 Å². The molecule has 1 rings (SSSR count). The molecule has 0 aromatic heterocycles. The van der Waals surface area contributed by atoms with E-state index in [2.05, 4.69) is 4.18 Å². The second-order valence-electron chi connectivity index (χ2n) is 3.45. The van der Waals surface area contributed by atoms with Gasteiger partial charge in [0, 0.05) is 12.1 Å². The summed E-state index contributed by atoms with van der Waals surface area (Å²) in [5.41, 5.74) is 0.602. The second-order valence-corrected chi connectivity index (χ2v) is 4.34. The van der Waals surface area contributed by atoms with Crippen molar-refractivity contribution in [2.24, 2.45) is 0 Å². The molecular weight excluding hydrogens is 242 g/mol. The van der Waals surface area contributed by atoms with Gasteiger partial charge < -0.3 is 0 Å². The minimum Gasteiger partial charge on any atom is -0.268 e. The van der Waals surface area contributed by atoms with Crippen molar-refractivity contribution in [3.05, 3.63) is 30.3 Å². The molecule has 0 N–H and O–H groups in total. The van der Waals surface area contributed by atoms with Crippen LogP contribution in [0.25, 0.3) is 0 Å². The van der Waals surface area contributed by atoms with Gasteiger partial charge in [-0.3, -0.25) is 4.18 Å². The van der Waals surface area contributed by atoms with Crippen LogP contribution in [0, 0.1) is 0 Å². The average Bonchev–Trinajstić information content (AvgIpc) is 2.38. The first-order chi connectivity index (χ1) is 8.04. The minimum absolute atomic E-state index is 0.207. The van der Waals surface area contributed by atoms with Gasteiger partial charge in [-0.1, -0.05) is 34.1 Å². The second kappa shape index (κ2) is 6.02. The molecule has 94 valence electrons. The van der Waals surface area contributed by atoms with Crippen LogP contribution in [0.1, 0.15) is 13.3 Å². The van der Waals surface area contributed by atoms with E-state index in [-0.39, 0.29) is 12.3 Å². The van der Waals surface area contributed by atoms with Crippen LogP contribution in [0.5, 0.6) is 0 Å². The third-order valence-corrected chi connectivity index (χ3v) is 3.07. The van der Waals surface area contributed by atoms with E-state index in [4.69, 9.17) is 4.28 Å². The van der Waals surface area contributed by atoms with Gasteiger partial charge in [-0.25, -0.2) is 4.79 Å². The fourth-order valence-electron chi connectivity index (χ4n) is 1.39. The standard InChI is InChI=1S/C11H16NO4S/c1-4-11(13)12(2,16-17(14)15-3)10-8-6-5-7-9-10/h5-9H,4H2,1-3H3/q+1. The Kier molecular flexibility index (Phi) is 4.95. The smallest absolute Gasteiger partial charge is 0.268 e. The normalized spacial score (nSPS) is 16.2. The van der Waals surface area contributed by atoms with Gasteiger partial charge in [-0.2, -0.15) is 4.21 Å². The molecule has 0 fully saturated rings. The Labute approximate surface area is 103 Å². The highest BCUT2D eigenvalue weighted by molar-refractivity contribution is 7.75. The van der Waals surface area contributed by atoms with Crippen molar-refractivity contribution in [3.63, 3.8) is 0 Å². The molecule has 0 aliphatic heterocycles. The summed E-state index contributed by atoms with van der Waals surface area (Å²) < 4.78 is 20.5. The Morgan fingerprint density at radius 2 is 1.94 bits per heavy atom. The van der Waals surface area contributed by atoms with E-state index in [1.54, 1.807) is 31.2 Å². The van der Waals surface area contributed by atoms with Gasteiger partial charge >= 0.3 is 17.3 Å². The maximum atomic E-state index is 11.9. The van der Waals surface area contributed by atoms with Gasteiger partial charge in [-0.15, -0.1) is 0 Å². The highest BCUT2D eigenvalue weighted by Crippen LogP contribution is 2.23. The van der Waals surface area contributed by atoms with Gasteiger partial charge in [0.15, 0.2) is 5.69 Å². The van der Waals surface area contributed by atoms with Crippen LogP contribution < -0.4 is 4.65 Å². The minimum atomic E-state index is -1.97. The zero-order chi connectivity index (χ0) is 12.9. The number of nitrogens with zero attached hydrogens (tertiary/aromatic N) is 1. The van der Waals surface area contributed by atoms with Crippen LogP contribution in [-0.2, 0) is 24.6 Å². The summed E-state index contributed by atoms with van der Waals surface area (Å²) in [4.78, 5) is 11.9. The predicted molar refractivity (Wildman–Crippen MR) is 65.7 cm³/mol. The number of hydrogen-bond acceptors (Lipinski definition) is 4. The van der Waals surface area contributed by atoms with Crippen LogP contribution in [-0.4, -0.2) is 24.3 Å². The summed E-state index contributed by atoms with van der Waals surface area (Å²) in [6.45, 7) is 1.72. The maximum absolute atomic E-state index is 11.9. The van der Waals surface area contributed by atoms with Crippen LogP contribution >= 0.6 is 0 Å². The highest BCUT2D eigenvalue weighted by atomic mass is 32.2. The fraction of sp³-hybridized carbons (Fsp3) is 0.364. The molecule has 2 atom stereocenters. The Balaban J connectivity index is 3.11. The molecule has 17 heavy (non-hydrogen) atoms. The van der Waals surface area contributed by atoms with Crippen LogP contribution in [0.2, 0.25) is 0 Å². The Bertz CT molecular complexity index is 409.